The third-order valence-electron chi connectivity index (χ3n) is 2.96. The molecule has 3 rings (SSSR count). The van der Waals surface area contributed by atoms with Crippen molar-refractivity contribution >= 4 is 17.4 Å². The second-order valence-corrected chi connectivity index (χ2v) is 4.42. The van der Waals surface area contributed by atoms with Gasteiger partial charge in [0.25, 0.3) is 0 Å². The summed E-state index contributed by atoms with van der Waals surface area (Å²) >= 11 is 5.99. The lowest BCUT2D eigenvalue weighted by Gasteiger charge is -2.07. The summed E-state index contributed by atoms with van der Waals surface area (Å²) in [5.41, 5.74) is 7.92. The Kier molecular flexibility index (Phi) is 3.12. The molecule has 1 aromatic carbocycles. The molecule has 2 N–H and O–H groups in total. The van der Waals surface area contributed by atoms with E-state index in [9.17, 15) is 0 Å². The molecule has 0 aliphatic carbocycles. The standard InChI is InChI=1S/C14H11ClN2O3/c1-18-10-5-3-2-4-8(10)11-12(20-17-14(11)16)9-6-7-19-13(9)15/h2-7H,1H3,(H2,16,17). The number of para-hydroxylation sites is 1. The van der Waals surface area contributed by atoms with E-state index in [-0.39, 0.29) is 11.0 Å². The number of hydrogen-bond donors (Lipinski definition) is 1. The van der Waals surface area contributed by atoms with Crippen molar-refractivity contribution < 1.29 is 13.7 Å². The smallest absolute Gasteiger partial charge is 0.204 e. The summed E-state index contributed by atoms with van der Waals surface area (Å²) in [6.45, 7) is 0. The third kappa shape index (κ3) is 1.92. The molecular formula is C14H11ClN2O3. The van der Waals surface area contributed by atoms with E-state index in [4.69, 9.17) is 31.0 Å². The van der Waals surface area contributed by atoms with Gasteiger partial charge in [-0.05, 0) is 23.7 Å². The van der Waals surface area contributed by atoms with E-state index in [1.165, 1.54) is 6.26 Å². The lowest BCUT2D eigenvalue weighted by Crippen LogP contribution is -1.92. The molecule has 0 aliphatic rings. The maximum Gasteiger partial charge on any atom is 0.204 e. The second-order valence-electron chi connectivity index (χ2n) is 4.08. The molecule has 2 heterocycles. The first-order valence-corrected chi connectivity index (χ1v) is 6.22. The summed E-state index contributed by atoms with van der Waals surface area (Å²) in [6.07, 6.45) is 1.47. The lowest BCUT2D eigenvalue weighted by molar-refractivity contribution is 0.416. The predicted octanol–water partition coefficient (Wildman–Crippen LogP) is 3.85. The first kappa shape index (κ1) is 12.6. The number of ether oxygens (including phenoxy) is 1. The highest BCUT2D eigenvalue weighted by molar-refractivity contribution is 6.31. The predicted molar refractivity (Wildman–Crippen MR) is 75.6 cm³/mol. The highest BCUT2D eigenvalue weighted by Crippen LogP contribution is 2.42. The summed E-state index contributed by atoms with van der Waals surface area (Å²) in [7, 11) is 1.59. The number of nitrogen functional groups attached to an aromatic ring is 1. The molecule has 0 unspecified atom stereocenters. The fourth-order valence-corrected chi connectivity index (χ4v) is 2.25. The molecule has 0 saturated carbocycles. The zero-order valence-electron chi connectivity index (χ0n) is 10.6. The molecule has 0 bridgehead atoms. The zero-order valence-corrected chi connectivity index (χ0v) is 11.3. The van der Waals surface area contributed by atoms with E-state index >= 15 is 0 Å². The molecule has 0 spiro atoms. The van der Waals surface area contributed by atoms with Crippen molar-refractivity contribution in [1.82, 2.24) is 5.16 Å². The SMILES string of the molecule is COc1ccccc1-c1c(N)noc1-c1ccoc1Cl. The summed E-state index contributed by atoms with van der Waals surface area (Å²) in [5, 5.41) is 4.03. The Labute approximate surface area is 119 Å². The van der Waals surface area contributed by atoms with E-state index in [0.29, 0.717) is 22.6 Å². The van der Waals surface area contributed by atoms with Gasteiger partial charge in [0.15, 0.2) is 11.6 Å². The molecule has 0 aliphatic heterocycles. The molecule has 0 amide bonds. The fraction of sp³-hybridized carbons (Fsp3) is 0.0714. The van der Waals surface area contributed by atoms with Crippen LogP contribution in [0.1, 0.15) is 0 Å². The van der Waals surface area contributed by atoms with Crippen molar-refractivity contribution in [2.24, 2.45) is 0 Å². The van der Waals surface area contributed by atoms with Crippen LogP contribution in [0.2, 0.25) is 5.22 Å². The molecule has 0 radical (unpaired) electrons. The molecule has 0 atom stereocenters. The van der Waals surface area contributed by atoms with Gasteiger partial charge in [-0.25, -0.2) is 0 Å². The number of hydrogen-bond acceptors (Lipinski definition) is 5. The van der Waals surface area contributed by atoms with Crippen molar-refractivity contribution in [3.63, 3.8) is 0 Å². The molecular weight excluding hydrogens is 280 g/mol. The zero-order chi connectivity index (χ0) is 14.1. The quantitative estimate of drug-likeness (QED) is 0.793. The monoisotopic (exact) mass is 290 g/mol. The maximum atomic E-state index is 5.99. The van der Waals surface area contributed by atoms with Gasteiger partial charge in [-0.15, -0.1) is 0 Å². The summed E-state index contributed by atoms with van der Waals surface area (Å²) < 4.78 is 15.7. The number of anilines is 1. The van der Waals surface area contributed by atoms with Gasteiger partial charge in [-0.1, -0.05) is 23.4 Å². The number of halogens is 1. The Morgan fingerprint density at radius 3 is 2.70 bits per heavy atom. The Bertz CT molecular complexity index is 748. The van der Waals surface area contributed by atoms with Gasteiger partial charge in [0.05, 0.1) is 24.5 Å². The molecule has 6 heteroatoms. The number of methoxy groups -OCH3 is 1. The van der Waals surface area contributed by atoms with Crippen molar-refractivity contribution in [2.45, 2.75) is 0 Å². The van der Waals surface area contributed by atoms with Crippen molar-refractivity contribution in [3.8, 4) is 28.2 Å². The van der Waals surface area contributed by atoms with Gasteiger partial charge >= 0.3 is 0 Å². The minimum Gasteiger partial charge on any atom is -0.496 e. The first-order valence-electron chi connectivity index (χ1n) is 5.84. The van der Waals surface area contributed by atoms with E-state index in [2.05, 4.69) is 5.16 Å². The Balaban J connectivity index is 2.25. The highest BCUT2D eigenvalue weighted by atomic mass is 35.5. The summed E-state index contributed by atoms with van der Waals surface area (Å²) in [4.78, 5) is 0. The average Bonchev–Trinajstić information content (AvgIpc) is 3.04. The molecule has 0 saturated heterocycles. The van der Waals surface area contributed by atoms with Crippen LogP contribution in [0, 0.1) is 0 Å². The van der Waals surface area contributed by atoms with Gasteiger partial charge in [-0.2, -0.15) is 0 Å². The number of aromatic nitrogens is 1. The van der Waals surface area contributed by atoms with Crippen LogP contribution in [0.5, 0.6) is 5.75 Å². The van der Waals surface area contributed by atoms with Gasteiger partial charge in [-0.3, -0.25) is 0 Å². The Hall–Kier alpha value is -2.40. The first-order chi connectivity index (χ1) is 9.72. The summed E-state index contributed by atoms with van der Waals surface area (Å²) in [6, 6.07) is 9.16. The molecule has 0 fully saturated rings. The van der Waals surface area contributed by atoms with Crippen molar-refractivity contribution in [3.05, 3.63) is 41.8 Å². The van der Waals surface area contributed by atoms with Gasteiger partial charge in [0.2, 0.25) is 5.22 Å². The van der Waals surface area contributed by atoms with Crippen LogP contribution in [0.4, 0.5) is 5.82 Å². The van der Waals surface area contributed by atoms with Gasteiger partial charge < -0.3 is 19.4 Å². The number of nitrogens with zero attached hydrogens (tertiary/aromatic N) is 1. The average molecular weight is 291 g/mol. The number of benzene rings is 1. The second kappa shape index (κ2) is 4.94. The van der Waals surface area contributed by atoms with Gasteiger partial charge in [0.1, 0.15) is 5.75 Å². The highest BCUT2D eigenvalue weighted by Gasteiger charge is 2.23. The maximum absolute atomic E-state index is 5.99. The van der Waals surface area contributed by atoms with Crippen molar-refractivity contribution in [2.75, 3.05) is 12.8 Å². The largest absolute Gasteiger partial charge is 0.496 e. The topological polar surface area (TPSA) is 74.4 Å². The third-order valence-corrected chi connectivity index (χ3v) is 3.25. The van der Waals surface area contributed by atoms with E-state index < -0.39 is 0 Å². The molecule has 5 nitrogen and oxygen atoms in total. The minimum atomic E-state index is 0.220. The Morgan fingerprint density at radius 2 is 2.00 bits per heavy atom. The van der Waals surface area contributed by atoms with Crippen LogP contribution in [0.25, 0.3) is 22.5 Å². The number of furan rings is 1. The van der Waals surface area contributed by atoms with E-state index in [1.807, 2.05) is 24.3 Å². The van der Waals surface area contributed by atoms with Crippen LogP contribution in [-0.4, -0.2) is 12.3 Å². The van der Waals surface area contributed by atoms with Gasteiger partial charge in [0, 0.05) is 5.56 Å². The molecule has 102 valence electrons. The molecule has 3 aromatic rings. The number of nitrogens with two attached hydrogens (primary N) is 1. The molecule has 2 aromatic heterocycles. The lowest BCUT2D eigenvalue weighted by atomic mass is 10.0. The molecule has 20 heavy (non-hydrogen) atoms. The van der Waals surface area contributed by atoms with Crippen LogP contribution in [0.3, 0.4) is 0 Å². The fourth-order valence-electron chi connectivity index (χ4n) is 2.05. The normalized spacial score (nSPS) is 10.7. The Morgan fingerprint density at radius 1 is 1.20 bits per heavy atom. The van der Waals surface area contributed by atoms with E-state index in [0.717, 1.165) is 5.56 Å². The van der Waals surface area contributed by atoms with E-state index in [1.54, 1.807) is 13.2 Å². The van der Waals surface area contributed by atoms with Crippen LogP contribution in [0.15, 0.2) is 45.5 Å². The summed E-state index contributed by atoms with van der Waals surface area (Å²) in [5.74, 6) is 1.38. The number of rotatable bonds is 3. The van der Waals surface area contributed by atoms with Crippen LogP contribution >= 0.6 is 11.6 Å². The van der Waals surface area contributed by atoms with Crippen molar-refractivity contribution in [1.29, 1.82) is 0 Å². The van der Waals surface area contributed by atoms with Crippen LogP contribution < -0.4 is 10.5 Å². The van der Waals surface area contributed by atoms with Crippen LogP contribution in [-0.2, 0) is 0 Å². The minimum absolute atomic E-state index is 0.220.